The molecule has 2 aliphatic rings. The molecular weight excluding hydrogens is 362 g/mol. The zero-order valence-electron chi connectivity index (χ0n) is 12.6. The Morgan fingerprint density at radius 3 is 1.50 bits per heavy atom. The molecule has 2 aliphatic carbocycles. The normalized spacial score (nSPS) is 51.2. The van der Waals surface area contributed by atoms with Crippen molar-refractivity contribution in [2.45, 2.75) is 62.2 Å². The summed E-state index contributed by atoms with van der Waals surface area (Å²) in [6, 6.07) is 0. The first-order valence-electron chi connectivity index (χ1n) is 6.75. The van der Waals surface area contributed by atoms with Gasteiger partial charge in [-0.1, -0.05) is 0 Å². The highest BCUT2D eigenvalue weighted by Crippen LogP contribution is 2.80. The second-order valence-corrected chi connectivity index (χ2v) is 7.10. The first-order chi connectivity index (χ1) is 10.3. The van der Waals surface area contributed by atoms with Crippen molar-refractivity contribution >= 4 is 0 Å². The summed E-state index contributed by atoms with van der Waals surface area (Å²) in [5.74, 6) is -22.7. The van der Waals surface area contributed by atoms with Crippen LogP contribution in [-0.4, -0.2) is 46.7 Å². The van der Waals surface area contributed by atoms with Crippen molar-refractivity contribution in [1.82, 2.24) is 0 Å². The average Bonchev–Trinajstić information content (AvgIpc) is 2.42. The van der Waals surface area contributed by atoms with Crippen LogP contribution in [0.4, 0.5) is 43.9 Å². The van der Waals surface area contributed by atoms with Crippen LogP contribution in [0.25, 0.3) is 0 Å². The zero-order chi connectivity index (χ0) is 19.4. The van der Waals surface area contributed by atoms with Gasteiger partial charge in [0.1, 0.15) is 12.1 Å². The van der Waals surface area contributed by atoms with Crippen LogP contribution in [0.1, 0.15) is 27.2 Å². The third-order valence-electron chi connectivity index (χ3n) is 5.90. The van der Waals surface area contributed by atoms with Gasteiger partial charge in [0.05, 0.1) is 0 Å². The van der Waals surface area contributed by atoms with Gasteiger partial charge in [0.2, 0.25) is 5.67 Å². The number of halogens is 10. The van der Waals surface area contributed by atoms with Gasteiger partial charge in [0.15, 0.2) is 11.0 Å². The fourth-order valence-electron chi connectivity index (χ4n) is 4.04. The Morgan fingerprint density at radius 1 is 0.708 bits per heavy atom. The lowest BCUT2D eigenvalue weighted by molar-refractivity contribution is -0.501. The van der Waals surface area contributed by atoms with Crippen LogP contribution in [0.3, 0.4) is 0 Å². The molecule has 0 aliphatic heterocycles. The van der Waals surface area contributed by atoms with Gasteiger partial charge in [0, 0.05) is 6.42 Å². The summed E-state index contributed by atoms with van der Waals surface area (Å²) in [6.07, 6.45) is -2.31. The first-order valence-corrected chi connectivity index (χ1v) is 6.75. The van der Waals surface area contributed by atoms with Crippen molar-refractivity contribution in [1.29, 1.82) is 0 Å². The molecule has 2 rings (SSSR count). The number of rotatable bonds is 1. The summed E-state index contributed by atoms with van der Waals surface area (Å²) in [7, 11) is 0. The van der Waals surface area contributed by atoms with Gasteiger partial charge in [-0.3, -0.25) is 0 Å². The molecule has 0 aromatic carbocycles. The molecule has 0 aromatic heterocycles. The molecule has 4 unspecified atom stereocenters. The van der Waals surface area contributed by atoms with E-state index in [2.05, 4.69) is 0 Å². The van der Waals surface area contributed by atoms with Gasteiger partial charge < -0.3 is 5.11 Å². The maximum atomic E-state index is 14.6. The van der Waals surface area contributed by atoms with Crippen molar-refractivity contribution in [3.05, 3.63) is 0 Å². The van der Waals surface area contributed by atoms with Gasteiger partial charge in [-0.15, -0.1) is 0 Å². The number of hydrogen-bond acceptors (Lipinski definition) is 1. The molecule has 0 spiro atoms. The van der Waals surface area contributed by atoms with E-state index in [9.17, 15) is 49.0 Å². The molecule has 142 valence electrons. The van der Waals surface area contributed by atoms with Crippen LogP contribution >= 0.6 is 0 Å². The third kappa shape index (κ3) is 1.35. The first kappa shape index (κ1) is 19.6. The zero-order valence-corrected chi connectivity index (χ0v) is 12.6. The summed E-state index contributed by atoms with van der Waals surface area (Å²) in [6.45, 7) is -3.60. The maximum Gasteiger partial charge on any atom is 0.304 e. The van der Waals surface area contributed by atoms with E-state index in [1.807, 2.05) is 0 Å². The van der Waals surface area contributed by atoms with E-state index in [-0.39, 0.29) is 6.92 Å². The minimum absolute atomic E-state index is 0.103. The molecule has 2 bridgehead atoms. The van der Waals surface area contributed by atoms with Crippen LogP contribution in [0, 0.1) is 10.8 Å². The minimum atomic E-state index is -6.00. The standard InChI is InChI=1S/C13H14F10O/c1-6-4-9(24,5-14)13(22,23)7(2,10(6,16)17)12(20,21)8(3,15)11(6,18)19/h24H,4-5H2,1-3H3. The molecule has 4 atom stereocenters. The average molecular weight is 376 g/mol. The Morgan fingerprint density at radius 2 is 1.12 bits per heavy atom. The molecule has 0 heterocycles. The van der Waals surface area contributed by atoms with Crippen LogP contribution in [-0.2, 0) is 0 Å². The monoisotopic (exact) mass is 376 g/mol. The van der Waals surface area contributed by atoms with E-state index >= 15 is 0 Å². The molecule has 0 aromatic rings. The molecule has 0 saturated heterocycles. The van der Waals surface area contributed by atoms with Gasteiger partial charge in [-0.25, -0.2) is 43.9 Å². The molecule has 24 heavy (non-hydrogen) atoms. The highest BCUT2D eigenvalue weighted by molar-refractivity contribution is 5.34. The van der Waals surface area contributed by atoms with Crippen LogP contribution in [0.2, 0.25) is 0 Å². The number of aliphatic hydroxyl groups is 1. The molecule has 1 N–H and O–H groups in total. The Hall–Kier alpha value is -0.740. The quantitative estimate of drug-likeness (QED) is 0.674. The third-order valence-corrected chi connectivity index (χ3v) is 5.90. The number of hydrogen-bond donors (Lipinski definition) is 1. The molecule has 0 radical (unpaired) electrons. The predicted molar refractivity (Wildman–Crippen MR) is 61.1 cm³/mol. The van der Waals surface area contributed by atoms with Crippen LogP contribution in [0.15, 0.2) is 0 Å². The Kier molecular flexibility index (Phi) is 3.38. The second-order valence-electron chi connectivity index (χ2n) is 7.10. The maximum absolute atomic E-state index is 14.6. The predicted octanol–water partition coefficient (Wildman–Crippen LogP) is 4.39. The minimum Gasteiger partial charge on any atom is -0.381 e. The molecule has 0 amide bonds. The van der Waals surface area contributed by atoms with E-state index < -0.39 is 72.7 Å². The van der Waals surface area contributed by atoms with Crippen molar-refractivity contribution in [2.75, 3.05) is 6.67 Å². The van der Waals surface area contributed by atoms with Gasteiger partial charge in [-0.2, -0.15) is 0 Å². The molecule has 1 nitrogen and oxygen atoms in total. The van der Waals surface area contributed by atoms with E-state index in [1.165, 1.54) is 0 Å². The lowest BCUT2D eigenvalue weighted by atomic mass is 9.42. The molecular formula is C13H14F10O. The smallest absolute Gasteiger partial charge is 0.304 e. The van der Waals surface area contributed by atoms with Crippen molar-refractivity contribution in [2.24, 2.45) is 10.8 Å². The Bertz CT molecular complexity index is 563. The Balaban J connectivity index is 3.03. The van der Waals surface area contributed by atoms with Crippen LogP contribution in [0.5, 0.6) is 0 Å². The molecule has 2 fully saturated rings. The van der Waals surface area contributed by atoms with E-state index in [0.717, 1.165) is 0 Å². The van der Waals surface area contributed by atoms with E-state index in [1.54, 1.807) is 0 Å². The van der Waals surface area contributed by atoms with Gasteiger partial charge >= 0.3 is 5.92 Å². The largest absolute Gasteiger partial charge is 0.381 e. The topological polar surface area (TPSA) is 20.2 Å². The number of fused-ring (bicyclic) bond motifs is 2. The summed E-state index contributed by atoms with van der Waals surface area (Å²) in [5.41, 5.74) is -18.6. The van der Waals surface area contributed by atoms with Crippen molar-refractivity contribution in [3.8, 4) is 0 Å². The second kappa shape index (κ2) is 4.15. The van der Waals surface area contributed by atoms with Gasteiger partial charge in [0.25, 0.3) is 17.8 Å². The van der Waals surface area contributed by atoms with E-state index in [4.69, 9.17) is 0 Å². The SMILES string of the molecule is CC1(F)C(F)(F)C2(C)CC(O)(CF)C(F)(F)C(C)(C1(F)F)C2(F)F. The molecule has 11 heteroatoms. The highest BCUT2D eigenvalue weighted by Gasteiger charge is 3.00. The van der Waals surface area contributed by atoms with Gasteiger partial charge in [-0.05, 0) is 20.8 Å². The molecule has 2 saturated carbocycles. The summed E-state index contributed by atoms with van der Waals surface area (Å²) in [5, 5.41) is 9.66. The number of alkyl halides is 10. The fraction of sp³-hybridized carbons (Fsp3) is 1.00. The Labute approximate surface area is 130 Å². The van der Waals surface area contributed by atoms with E-state index in [0.29, 0.717) is 0 Å². The van der Waals surface area contributed by atoms with Crippen molar-refractivity contribution in [3.63, 3.8) is 0 Å². The summed E-state index contributed by atoms with van der Waals surface area (Å²) < 4.78 is 143. The lowest BCUT2D eigenvalue weighted by Gasteiger charge is -2.69. The lowest BCUT2D eigenvalue weighted by Crippen LogP contribution is -2.89. The highest BCUT2D eigenvalue weighted by atomic mass is 19.3. The van der Waals surface area contributed by atoms with Crippen LogP contribution < -0.4 is 0 Å². The van der Waals surface area contributed by atoms with Crippen molar-refractivity contribution < 1.29 is 49.0 Å². The summed E-state index contributed by atoms with van der Waals surface area (Å²) in [4.78, 5) is 0. The fourth-order valence-corrected chi connectivity index (χ4v) is 4.04. The summed E-state index contributed by atoms with van der Waals surface area (Å²) >= 11 is 0.